The van der Waals surface area contributed by atoms with Crippen LogP contribution in [0.3, 0.4) is 0 Å². The summed E-state index contributed by atoms with van der Waals surface area (Å²) in [5.74, 6) is -0.941. The molecule has 0 spiro atoms. The number of halogens is 1. The van der Waals surface area contributed by atoms with E-state index in [2.05, 4.69) is 10.1 Å². The number of nitrogens with one attached hydrogen (secondary N) is 1. The van der Waals surface area contributed by atoms with Gasteiger partial charge in [0.2, 0.25) is 5.91 Å². The third kappa shape index (κ3) is 1.80. The summed E-state index contributed by atoms with van der Waals surface area (Å²) in [6, 6.07) is 2.73. The van der Waals surface area contributed by atoms with Gasteiger partial charge < -0.3 is 10.1 Å². The molecule has 1 heterocycles. The van der Waals surface area contributed by atoms with E-state index in [0.29, 0.717) is 17.8 Å². The normalized spacial score (nSPS) is 16.6. The summed E-state index contributed by atoms with van der Waals surface area (Å²) in [7, 11) is 1.25. The highest BCUT2D eigenvalue weighted by Gasteiger charge is 2.57. The maximum Gasteiger partial charge on any atom is 0.321 e. The smallest absolute Gasteiger partial charge is 0.321 e. The van der Waals surface area contributed by atoms with Crippen molar-refractivity contribution in [2.75, 3.05) is 12.4 Å². The summed E-state index contributed by atoms with van der Waals surface area (Å²) >= 11 is 0.829. The van der Waals surface area contributed by atoms with Gasteiger partial charge in [0.1, 0.15) is 5.41 Å². The summed E-state index contributed by atoms with van der Waals surface area (Å²) in [4.78, 5) is 23.2. The van der Waals surface area contributed by atoms with E-state index in [1.807, 2.05) is 0 Å². The highest BCUT2D eigenvalue weighted by molar-refractivity contribution is 7.14. The molecule has 1 N–H and O–H groups in total. The highest BCUT2D eigenvalue weighted by atomic mass is 32.1. The average Bonchev–Trinajstić information content (AvgIpc) is 2.98. The fourth-order valence-corrected chi connectivity index (χ4v) is 2.08. The zero-order chi connectivity index (χ0) is 11.8. The first-order valence-corrected chi connectivity index (χ1v) is 5.55. The summed E-state index contributed by atoms with van der Waals surface area (Å²) < 4.78 is 17.3. The lowest BCUT2D eigenvalue weighted by Crippen LogP contribution is -2.32. The molecule has 4 nitrogen and oxygen atoms in total. The van der Waals surface area contributed by atoms with E-state index in [1.165, 1.54) is 19.2 Å². The number of amides is 1. The van der Waals surface area contributed by atoms with E-state index in [4.69, 9.17) is 0 Å². The van der Waals surface area contributed by atoms with Gasteiger partial charge >= 0.3 is 5.97 Å². The van der Waals surface area contributed by atoms with Crippen LogP contribution in [0.1, 0.15) is 12.8 Å². The van der Waals surface area contributed by atoms with Gasteiger partial charge in [0.15, 0.2) is 5.13 Å². The standard InChI is InChI=1S/C10H10FNO3S/c1-15-9(14)10(4-5-10)8(13)12-7-3-2-6(11)16-7/h2-3H,4-5H2,1H3,(H,12,13). The Kier molecular flexibility index (Phi) is 2.67. The predicted octanol–water partition coefficient (Wildman–Crippen LogP) is 1.78. The summed E-state index contributed by atoms with van der Waals surface area (Å²) in [6.45, 7) is 0. The second kappa shape index (κ2) is 3.86. The number of hydrogen-bond donors (Lipinski definition) is 1. The van der Waals surface area contributed by atoms with Gasteiger partial charge in [0, 0.05) is 0 Å². The van der Waals surface area contributed by atoms with Gasteiger partial charge in [-0.25, -0.2) is 0 Å². The van der Waals surface area contributed by atoms with Crippen molar-refractivity contribution in [3.8, 4) is 0 Å². The Hall–Kier alpha value is -1.43. The quantitative estimate of drug-likeness (QED) is 0.650. The minimum atomic E-state index is -1.05. The number of rotatable bonds is 3. The lowest BCUT2D eigenvalue weighted by atomic mass is 10.1. The average molecular weight is 243 g/mol. The first-order chi connectivity index (χ1) is 7.58. The summed E-state index contributed by atoms with van der Waals surface area (Å²) in [5, 5.41) is 2.54. The van der Waals surface area contributed by atoms with Crippen LogP contribution in [0.25, 0.3) is 0 Å². The number of thiophene rings is 1. The fraction of sp³-hybridized carbons (Fsp3) is 0.400. The van der Waals surface area contributed by atoms with Crippen LogP contribution in [0.5, 0.6) is 0 Å². The van der Waals surface area contributed by atoms with Crippen molar-refractivity contribution in [2.24, 2.45) is 5.41 Å². The van der Waals surface area contributed by atoms with Gasteiger partial charge in [0.05, 0.1) is 12.1 Å². The first kappa shape index (κ1) is 11.1. The number of esters is 1. The molecular formula is C10H10FNO3S. The Morgan fingerprint density at radius 1 is 1.50 bits per heavy atom. The molecule has 1 aliphatic rings. The summed E-state index contributed by atoms with van der Waals surface area (Å²) in [6.07, 6.45) is 0.971. The number of anilines is 1. The van der Waals surface area contributed by atoms with Gasteiger partial charge in [-0.2, -0.15) is 4.39 Å². The summed E-state index contributed by atoms with van der Waals surface area (Å²) in [5.41, 5.74) is -1.05. The van der Waals surface area contributed by atoms with E-state index >= 15 is 0 Å². The highest BCUT2D eigenvalue weighted by Crippen LogP contribution is 2.47. The molecular weight excluding hydrogens is 233 g/mol. The number of carbonyl (C=O) groups excluding carboxylic acids is 2. The van der Waals surface area contributed by atoms with Gasteiger partial charge in [0.25, 0.3) is 0 Å². The third-order valence-corrected chi connectivity index (χ3v) is 3.36. The SMILES string of the molecule is COC(=O)C1(C(=O)Nc2ccc(F)s2)CC1. The van der Waals surface area contributed by atoms with Crippen molar-refractivity contribution in [2.45, 2.75) is 12.8 Å². The van der Waals surface area contributed by atoms with E-state index in [9.17, 15) is 14.0 Å². The number of hydrogen-bond acceptors (Lipinski definition) is 4. The maximum atomic E-state index is 12.7. The lowest BCUT2D eigenvalue weighted by molar-refractivity contribution is -0.150. The van der Waals surface area contributed by atoms with Crippen molar-refractivity contribution in [3.63, 3.8) is 0 Å². The molecule has 0 saturated heterocycles. The van der Waals surface area contributed by atoms with Crippen LogP contribution in [-0.2, 0) is 14.3 Å². The molecule has 1 aromatic rings. The third-order valence-electron chi connectivity index (χ3n) is 2.57. The maximum absolute atomic E-state index is 12.7. The Morgan fingerprint density at radius 3 is 2.62 bits per heavy atom. The van der Waals surface area contributed by atoms with E-state index < -0.39 is 17.3 Å². The molecule has 0 atom stereocenters. The minimum Gasteiger partial charge on any atom is -0.468 e. The van der Waals surface area contributed by atoms with Crippen molar-refractivity contribution in [1.29, 1.82) is 0 Å². The number of carbonyl (C=O) groups is 2. The zero-order valence-electron chi connectivity index (χ0n) is 8.58. The van der Waals surface area contributed by atoms with Crippen molar-refractivity contribution in [3.05, 3.63) is 17.3 Å². The molecule has 6 heteroatoms. The van der Waals surface area contributed by atoms with Crippen LogP contribution in [0, 0.1) is 10.5 Å². The predicted molar refractivity (Wildman–Crippen MR) is 56.6 cm³/mol. The Balaban J connectivity index is 2.06. The van der Waals surface area contributed by atoms with Crippen LogP contribution >= 0.6 is 11.3 Å². The molecule has 1 fully saturated rings. The monoisotopic (exact) mass is 243 g/mol. The van der Waals surface area contributed by atoms with Crippen molar-refractivity contribution in [1.82, 2.24) is 0 Å². The Bertz CT molecular complexity index is 439. The molecule has 86 valence electrons. The molecule has 0 unspecified atom stereocenters. The van der Waals surface area contributed by atoms with Gasteiger partial charge in [-0.05, 0) is 25.0 Å². The largest absolute Gasteiger partial charge is 0.468 e. The second-order valence-corrected chi connectivity index (χ2v) is 4.67. The van der Waals surface area contributed by atoms with Gasteiger partial charge in [-0.3, -0.25) is 9.59 Å². The molecule has 16 heavy (non-hydrogen) atoms. The molecule has 1 saturated carbocycles. The molecule has 0 radical (unpaired) electrons. The van der Waals surface area contributed by atoms with Crippen molar-refractivity contribution >= 4 is 28.2 Å². The van der Waals surface area contributed by atoms with E-state index in [-0.39, 0.29) is 5.13 Å². The van der Waals surface area contributed by atoms with Crippen LogP contribution in [-0.4, -0.2) is 19.0 Å². The van der Waals surface area contributed by atoms with Crippen LogP contribution in [0.4, 0.5) is 9.39 Å². The molecule has 0 bridgehead atoms. The molecule has 2 rings (SSSR count). The molecule has 1 amide bonds. The zero-order valence-corrected chi connectivity index (χ0v) is 9.40. The number of ether oxygens (including phenoxy) is 1. The van der Waals surface area contributed by atoms with Crippen LogP contribution in [0.15, 0.2) is 12.1 Å². The van der Waals surface area contributed by atoms with Crippen LogP contribution < -0.4 is 5.32 Å². The first-order valence-electron chi connectivity index (χ1n) is 4.74. The van der Waals surface area contributed by atoms with Gasteiger partial charge in [-0.15, -0.1) is 0 Å². The molecule has 0 aromatic carbocycles. The van der Waals surface area contributed by atoms with Crippen LogP contribution in [0.2, 0.25) is 0 Å². The fourth-order valence-electron chi connectivity index (χ4n) is 1.46. The lowest BCUT2D eigenvalue weighted by Gasteiger charge is -2.11. The topological polar surface area (TPSA) is 55.4 Å². The van der Waals surface area contributed by atoms with Crippen molar-refractivity contribution < 1.29 is 18.7 Å². The minimum absolute atomic E-state index is 0.377. The molecule has 1 aromatic heterocycles. The Labute approximate surface area is 95.4 Å². The second-order valence-electron chi connectivity index (χ2n) is 3.63. The Morgan fingerprint density at radius 2 is 2.19 bits per heavy atom. The molecule has 1 aliphatic carbocycles. The molecule has 0 aliphatic heterocycles. The van der Waals surface area contributed by atoms with E-state index in [0.717, 1.165) is 11.3 Å². The van der Waals surface area contributed by atoms with Gasteiger partial charge in [-0.1, -0.05) is 11.3 Å². The van der Waals surface area contributed by atoms with E-state index in [1.54, 1.807) is 0 Å². The number of methoxy groups -OCH3 is 1.